The summed E-state index contributed by atoms with van der Waals surface area (Å²) in [5, 5.41) is 10.2. The normalized spacial score (nSPS) is 11.8. The number of anilines is 1. The van der Waals surface area contributed by atoms with Crippen molar-refractivity contribution in [2.45, 2.75) is 20.8 Å². The summed E-state index contributed by atoms with van der Waals surface area (Å²) < 4.78 is 0. The van der Waals surface area contributed by atoms with Crippen molar-refractivity contribution in [1.29, 1.82) is 5.41 Å². The highest BCUT2D eigenvalue weighted by Crippen LogP contribution is 2.16. The molecule has 0 aliphatic carbocycles. The lowest BCUT2D eigenvalue weighted by molar-refractivity contribution is 0.0951. The summed E-state index contributed by atoms with van der Waals surface area (Å²) in [5.41, 5.74) is 6.83. The Morgan fingerprint density at radius 1 is 1.55 bits per heavy atom. The van der Waals surface area contributed by atoms with Crippen LogP contribution in [0.3, 0.4) is 0 Å². The highest BCUT2D eigenvalue weighted by atomic mass is 16.1. The maximum absolute atomic E-state index is 11.8. The number of nitrogens with one attached hydrogen (secondary N) is 2. The minimum atomic E-state index is -0.176. The molecule has 1 atom stereocenters. The van der Waals surface area contributed by atoms with Crippen LogP contribution in [-0.2, 0) is 0 Å². The van der Waals surface area contributed by atoms with Crippen LogP contribution < -0.4 is 16.0 Å². The second-order valence-electron chi connectivity index (χ2n) is 4.65. The highest BCUT2D eigenvalue weighted by molar-refractivity contribution is 5.93. The van der Waals surface area contributed by atoms with Crippen molar-refractivity contribution in [3.05, 3.63) is 24.0 Å². The smallest absolute Gasteiger partial charge is 0.269 e. The van der Waals surface area contributed by atoms with E-state index in [-0.39, 0.29) is 17.7 Å². The molecule has 6 heteroatoms. The van der Waals surface area contributed by atoms with Crippen LogP contribution in [0.15, 0.2) is 18.3 Å². The Bertz CT molecular complexity index is 474. The SMILES string of the molecule is CCNC(=O)c1cc(N(CC)CC(C)C(=N)N)ccn1. The number of pyridine rings is 1. The van der Waals surface area contributed by atoms with E-state index in [4.69, 9.17) is 11.1 Å². The van der Waals surface area contributed by atoms with E-state index in [0.29, 0.717) is 18.8 Å². The fourth-order valence-corrected chi connectivity index (χ4v) is 1.84. The van der Waals surface area contributed by atoms with Crippen molar-refractivity contribution in [2.24, 2.45) is 11.7 Å². The van der Waals surface area contributed by atoms with Crippen LogP contribution in [0.4, 0.5) is 5.69 Å². The van der Waals surface area contributed by atoms with E-state index in [2.05, 4.69) is 15.2 Å². The third-order valence-electron chi connectivity index (χ3n) is 3.09. The molecule has 0 saturated heterocycles. The molecule has 1 aromatic rings. The van der Waals surface area contributed by atoms with Crippen LogP contribution in [0.1, 0.15) is 31.3 Å². The number of hydrogen-bond acceptors (Lipinski definition) is 4. The second-order valence-corrected chi connectivity index (χ2v) is 4.65. The predicted molar refractivity (Wildman–Crippen MR) is 81.2 cm³/mol. The first kappa shape index (κ1) is 15.9. The molecule has 1 rings (SSSR count). The maximum Gasteiger partial charge on any atom is 0.269 e. The lowest BCUT2D eigenvalue weighted by Crippen LogP contribution is -2.34. The molecule has 110 valence electrons. The highest BCUT2D eigenvalue weighted by Gasteiger charge is 2.14. The Morgan fingerprint density at radius 2 is 2.25 bits per heavy atom. The number of nitrogens with zero attached hydrogens (tertiary/aromatic N) is 2. The number of nitrogens with two attached hydrogens (primary N) is 1. The van der Waals surface area contributed by atoms with Gasteiger partial charge in [-0.1, -0.05) is 6.92 Å². The summed E-state index contributed by atoms with van der Waals surface area (Å²) in [5.74, 6) is -0.0393. The van der Waals surface area contributed by atoms with E-state index >= 15 is 0 Å². The van der Waals surface area contributed by atoms with Crippen LogP contribution in [0, 0.1) is 11.3 Å². The first-order valence-electron chi connectivity index (χ1n) is 6.82. The fraction of sp³-hybridized carbons (Fsp3) is 0.500. The molecule has 0 radical (unpaired) electrons. The van der Waals surface area contributed by atoms with Gasteiger partial charge in [-0.3, -0.25) is 15.2 Å². The van der Waals surface area contributed by atoms with E-state index in [1.807, 2.05) is 26.8 Å². The van der Waals surface area contributed by atoms with Gasteiger partial charge in [0.05, 0.1) is 5.84 Å². The molecule has 0 fully saturated rings. The van der Waals surface area contributed by atoms with Crippen molar-refractivity contribution < 1.29 is 4.79 Å². The van der Waals surface area contributed by atoms with Gasteiger partial charge < -0.3 is 16.0 Å². The Hall–Kier alpha value is -2.11. The summed E-state index contributed by atoms with van der Waals surface area (Å²) in [6.45, 7) is 7.80. The molecular formula is C14H23N5O. The van der Waals surface area contributed by atoms with E-state index in [1.165, 1.54) is 0 Å². The molecule has 1 aromatic heterocycles. The summed E-state index contributed by atoms with van der Waals surface area (Å²) >= 11 is 0. The standard InChI is InChI=1S/C14H23N5O/c1-4-17-14(20)12-8-11(6-7-18-12)19(5-2)9-10(3)13(15)16/h6-8,10H,4-5,9H2,1-3H3,(H3,15,16)(H,17,20). The topological polar surface area (TPSA) is 95.1 Å². The summed E-state index contributed by atoms with van der Waals surface area (Å²) in [6.07, 6.45) is 1.63. The average Bonchev–Trinajstić information content (AvgIpc) is 2.44. The number of hydrogen-bond donors (Lipinski definition) is 3. The Balaban J connectivity index is 2.90. The average molecular weight is 277 g/mol. The summed E-state index contributed by atoms with van der Waals surface area (Å²) in [7, 11) is 0. The van der Waals surface area contributed by atoms with Crippen LogP contribution in [0.25, 0.3) is 0 Å². The minimum absolute atomic E-state index is 0.0315. The molecule has 20 heavy (non-hydrogen) atoms. The molecular weight excluding hydrogens is 254 g/mol. The van der Waals surface area contributed by atoms with Crippen LogP contribution in [0.5, 0.6) is 0 Å². The first-order valence-corrected chi connectivity index (χ1v) is 6.82. The molecule has 0 spiro atoms. The number of amides is 1. The zero-order valence-electron chi connectivity index (χ0n) is 12.3. The van der Waals surface area contributed by atoms with Gasteiger partial charge in [0.25, 0.3) is 5.91 Å². The van der Waals surface area contributed by atoms with Gasteiger partial charge in [0.1, 0.15) is 5.69 Å². The van der Waals surface area contributed by atoms with Gasteiger partial charge in [-0.05, 0) is 26.0 Å². The second kappa shape index (κ2) is 7.47. The maximum atomic E-state index is 11.8. The fourth-order valence-electron chi connectivity index (χ4n) is 1.84. The van der Waals surface area contributed by atoms with Crippen molar-refractivity contribution in [3.63, 3.8) is 0 Å². The van der Waals surface area contributed by atoms with Crippen LogP contribution in [-0.4, -0.2) is 36.4 Å². The monoisotopic (exact) mass is 277 g/mol. The molecule has 1 heterocycles. The van der Waals surface area contributed by atoms with Crippen molar-refractivity contribution >= 4 is 17.4 Å². The quantitative estimate of drug-likeness (QED) is 0.516. The number of carbonyl (C=O) groups excluding carboxylic acids is 1. The lowest BCUT2D eigenvalue weighted by atomic mass is 10.1. The predicted octanol–water partition coefficient (Wildman–Crippen LogP) is 1.23. The summed E-state index contributed by atoms with van der Waals surface area (Å²) in [6, 6.07) is 3.63. The van der Waals surface area contributed by atoms with Crippen LogP contribution in [0.2, 0.25) is 0 Å². The van der Waals surface area contributed by atoms with E-state index in [0.717, 1.165) is 12.2 Å². The zero-order valence-corrected chi connectivity index (χ0v) is 12.3. The van der Waals surface area contributed by atoms with E-state index in [9.17, 15) is 4.79 Å². The van der Waals surface area contributed by atoms with Gasteiger partial charge in [0.2, 0.25) is 0 Å². The molecule has 1 unspecified atom stereocenters. The third-order valence-corrected chi connectivity index (χ3v) is 3.09. The Morgan fingerprint density at radius 3 is 2.80 bits per heavy atom. The van der Waals surface area contributed by atoms with Gasteiger partial charge in [-0.2, -0.15) is 0 Å². The summed E-state index contributed by atoms with van der Waals surface area (Å²) in [4.78, 5) is 18.0. The van der Waals surface area contributed by atoms with Gasteiger partial charge in [0, 0.05) is 37.4 Å². The Labute approximate surface area is 119 Å². The molecule has 0 saturated carbocycles. The molecule has 0 aliphatic heterocycles. The molecule has 1 amide bonds. The van der Waals surface area contributed by atoms with Gasteiger partial charge in [0.15, 0.2) is 0 Å². The largest absolute Gasteiger partial charge is 0.387 e. The number of aromatic nitrogens is 1. The van der Waals surface area contributed by atoms with Gasteiger partial charge in [-0.15, -0.1) is 0 Å². The van der Waals surface area contributed by atoms with Crippen LogP contribution >= 0.6 is 0 Å². The van der Waals surface area contributed by atoms with Crippen molar-refractivity contribution in [1.82, 2.24) is 10.3 Å². The van der Waals surface area contributed by atoms with E-state index in [1.54, 1.807) is 12.3 Å². The third kappa shape index (κ3) is 4.22. The number of carbonyl (C=O) groups is 1. The molecule has 0 aliphatic rings. The Kier molecular flexibility index (Phi) is 5.96. The van der Waals surface area contributed by atoms with Gasteiger partial charge >= 0.3 is 0 Å². The molecule has 6 nitrogen and oxygen atoms in total. The van der Waals surface area contributed by atoms with Crippen molar-refractivity contribution in [2.75, 3.05) is 24.5 Å². The molecule has 0 aromatic carbocycles. The zero-order chi connectivity index (χ0) is 15.1. The molecule has 0 bridgehead atoms. The van der Waals surface area contributed by atoms with Crippen molar-refractivity contribution in [3.8, 4) is 0 Å². The minimum Gasteiger partial charge on any atom is -0.387 e. The van der Waals surface area contributed by atoms with E-state index < -0.39 is 0 Å². The van der Waals surface area contributed by atoms with Gasteiger partial charge in [-0.25, -0.2) is 0 Å². The molecule has 4 N–H and O–H groups in total. The number of amidine groups is 1. The first-order chi connectivity index (χ1) is 9.49. The number of rotatable bonds is 7. The lowest BCUT2D eigenvalue weighted by Gasteiger charge is -2.26.